The highest BCUT2D eigenvalue weighted by Gasteiger charge is 2.32. The number of carbonyl (C=O) groups excluding carboxylic acids is 1. The molecule has 2 aromatic carbocycles. The number of ether oxygens (including phenoxy) is 3. The van der Waals surface area contributed by atoms with E-state index in [4.69, 9.17) is 14.2 Å². The molecule has 2 aliphatic heterocycles. The number of carbonyl (C=O) groups is 1. The predicted molar refractivity (Wildman–Crippen MR) is 115 cm³/mol. The van der Waals surface area contributed by atoms with Gasteiger partial charge in [-0.15, -0.1) is 11.3 Å². The third-order valence-corrected chi connectivity index (χ3v) is 6.42. The fraction of sp³-hybridized carbons (Fsp3) is 0.304. The molecule has 3 aromatic rings. The van der Waals surface area contributed by atoms with Crippen molar-refractivity contribution in [2.24, 2.45) is 0 Å². The van der Waals surface area contributed by atoms with E-state index in [2.05, 4.69) is 4.98 Å². The molecule has 5 rings (SSSR count). The van der Waals surface area contributed by atoms with Crippen molar-refractivity contribution in [3.8, 4) is 27.8 Å². The van der Waals surface area contributed by atoms with Crippen LogP contribution >= 0.6 is 11.3 Å². The van der Waals surface area contributed by atoms with Crippen LogP contribution in [0.2, 0.25) is 0 Å². The Morgan fingerprint density at radius 2 is 1.93 bits per heavy atom. The van der Waals surface area contributed by atoms with Crippen molar-refractivity contribution in [3.05, 3.63) is 59.1 Å². The van der Waals surface area contributed by atoms with E-state index >= 15 is 0 Å². The number of hydrogen-bond acceptors (Lipinski definition) is 6. The van der Waals surface area contributed by atoms with Gasteiger partial charge in [0.05, 0.1) is 13.2 Å². The second-order valence-electron chi connectivity index (χ2n) is 7.33. The van der Waals surface area contributed by atoms with Crippen LogP contribution in [0.15, 0.2) is 47.8 Å². The van der Waals surface area contributed by atoms with E-state index in [-0.39, 0.29) is 11.9 Å². The number of nitrogens with zero attached hydrogens (tertiary/aromatic N) is 2. The molecule has 1 saturated heterocycles. The highest BCUT2D eigenvalue weighted by atomic mass is 32.1. The van der Waals surface area contributed by atoms with E-state index in [0.29, 0.717) is 18.9 Å². The van der Waals surface area contributed by atoms with Gasteiger partial charge in [-0.25, -0.2) is 4.98 Å². The molecule has 30 heavy (non-hydrogen) atoms. The van der Waals surface area contributed by atoms with Crippen molar-refractivity contribution < 1.29 is 19.0 Å². The molecular weight excluding hydrogens is 400 g/mol. The fourth-order valence-corrected chi connectivity index (χ4v) is 4.81. The standard InChI is InChI=1S/C23H22N2O4S/c1-27-17-7-4-15(5-8-17)22-24-18(14-30-22)23(26)25-10-2-3-19(25)16-6-9-20-21(13-16)29-12-11-28-20/h4-9,13-14,19H,2-3,10-12H2,1H3/t19-/m0/s1. The van der Waals surface area contributed by atoms with Crippen LogP contribution in [0.5, 0.6) is 17.2 Å². The van der Waals surface area contributed by atoms with Crippen LogP contribution in [0.4, 0.5) is 0 Å². The van der Waals surface area contributed by atoms with Gasteiger partial charge in [0.15, 0.2) is 11.5 Å². The van der Waals surface area contributed by atoms with E-state index in [1.165, 1.54) is 11.3 Å². The number of aromatic nitrogens is 1. The van der Waals surface area contributed by atoms with Crippen LogP contribution in [-0.2, 0) is 0 Å². The molecular formula is C23H22N2O4S. The number of fused-ring (bicyclic) bond motifs is 1. The minimum atomic E-state index is -0.0246. The average molecular weight is 423 g/mol. The van der Waals surface area contributed by atoms with Gasteiger partial charge in [-0.3, -0.25) is 4.79 Å². The largest absolute Gasteiger partial charge is 0.497 e. The highest BCUT2D eigenvalue weighted by molar-refractivity contribution is 7.13. The van der Waals surface area contributed by atoms with Crippen molar-refractivity contribution >= 4 is 17.2 Å². The molecule has 1 amide bonds. The first-order chi connectivity index (χ1) is 14.7. The zero-order chi connectivity index (χ0) is 20.5. The fourth-order valence-electron chi connectivity index (χ4n) is 4.01. The maximum atomic E-state index is 13.3. The number of thiazole rings is 1. The average Bonchev–Trinajstić information content (AvgIpc) is 3.49. The number of likely N-dealkylation sites (tertiary alicyclic amines) is 1. The lowest BCUT2D eigenvalue weighted by atomic mass is 10.0. The Hall–Kier alpha value is -3.06. The van der Waals surface area contributed by atoms with Crippen molar-refractivity contribution in [3.63, 3.8) is 0 Å². The van der Waals surface area contributed by atoms with Crippen molar-refractivity contribution in [1.29, 1.82) is 0 Å². The molecule has 0 bridgehead atoms. The smallest absolute Gasteiger partial charge is 0.273 e. The Balaban J connectivity index is 1.37. The summed E-state index contributed by atoms with van der Waals surface area (Å²) in [5, 5.41) is 2.68. The van der Waals surface area contributed by atoms with E-state index in [9.17, 15) is 4.79 Å². The van der Waals surface area contributed by atoms with Gasteiger partial charge in [0.1, 0.15) is 29.7 Å². The molecule has 3 heterocycles. The zero-order valence-electron chi connectivity index (χ0n) is 16.7. The van der Waals surface area contributed by atoms with E-state index in [0.717, 1.165) is 52.8 Å². The molecule has 2 aliphatic rings. The van der Waals surface area contributed by atoms with Gasteiger partial charge in [0.25, 0.3) is 5.91 Å². The SMILES string of the molecule is COc1ccc(-c2nc(C(=O)N3CCC[C@H]3c3ccc4c(c3)OCCO4)cs2)cc1. The normalized spacial score (nSPS) is 17.8. The van der Waals surface area contributed by atoms with E-state index in [1.807, 2.05) is 52.7 Å². The first kappa shape index (κ1) is 18.9. The molecule has 0 N–H and O–H groups in total. The minimum absolute atomic E-state index is 0.0246. The topological polar surface area (TPSA) is 60.9 Å². The number of rotatable bonds is 4. The quantitative estimate of drug-likeness (QED) is 0.617. The first-order valence-corrected chi connectivity index (χ1v) is 10.9. The summed E-state index contributed by atoms with van der Waals surface area (Å²) in [5.41, 5.74) is 2.55. The summed E-state index contributed by atoms with van der Waals surface area (Å²) in [6, 6.07) is 13.7. The predicted octanol–water partition coefficient (Wildman–Crippen LogP) is 4.57. The molecule has 0 aliphatic carbocycles. The van der Waals surface area contributed by atoms with Gasteiger partial charge in [0.2, 0.25) is 0 Å². The number of hydrogen-bond donors (Lipinski definition) is 0. The van der Waals surface area contributed by atoms with Gasteiger partial charge in [-0.05, 0) is 54.8 Å². The monoisotopic (exact) mass is 422 g/mol. The Morgan fingerprint density at radius 1 is 1.13 bits per heavy atom. The molecule has 0 saturated carbocycles. The van der Waals surface area contributed by atoms with Crippen molar-refractivity contribution in [1.82, 2.24) is 9.88 Å². The molecule has 0 spiro atoms. The molecule has 7 heteroatoms. The van der Waals surface area contributed by atoms with Crippen LogP contribution in [0, 0.1) is 0 Å². The lowest BCUT2D eigenvalue weighted by Gasteiger charge is -2.26. The molecule has 1 fully saturated rings. The summed E-state index contributed by atoms with van der Waals surface area (Å²) in [4.78, 5) is 19.8. The maximum Gasteiger partial charge on any atom is 0.273 e. The Bertz CT molecular complexity index is 1060. The highest BCUT2D eigenvalue weighted by Crippen LogP contribution is 2.39. The van der Waals surface area contributed by atoms with Gasteiger partial charge in [-0.1, -0.05) is 6.07 Å². The Morgan fingerprint density at radius 3 is 2.73 bits per heavy atom. The zero-order valence-corrected chi connectivity index (χ0v) is 17.5. The summed E-state index contributed by atoms with van der Waals surface area (Å²) < 4.78 is 16.6. The number of benzene rings is 2. The lowest BCUT2D eigenvalue weighted by molar-refractivity contribution is 0.0730. The second kappa shape index (κ2) is 7.99. The first-order valence-electron chi connectivity index (χ1n) is 10.0. The summed E-state index contributed by atoms with van der Waals surface area (Å²) >= 11 is 1.48. The molecule has 0 unspecified atom stereocenters. The summed E-state index contributed by atoms with van der Waals surface area (Å²) in [6.07, 6.45) is 1.90. The molecule has 0 radical (unpaired) electrons. The van der Waals surface area contributed by atoms with Crippen molar-refractivity contribution in [2.45, 2.75) is 18.9 Å². The molecule has 6 nitrogen and oxygen atoms in total. The molecule has 1 aromatic heterocycles. The van der Waals surface area contributed by atoms with Crippen LogP contribution in [0.1, 0.15) is 34.9 Å². The second-order valence-corrected chi connectivity index (χ2v) is 8.18. The Kier molecular flexibility index (Phi) is 5.04. The lowest BCUT2D eigenvalue weighted by Crippen LogP contribution is -2.30. The van der Waals surface area contributed by atoms with Gasteiger partial charge >= 0.3 is 0 Å². The maximum absolute atomic E-state index is 13.3. The number of amides is 1. The summed E-state index contributed by atoms with van der Waals surface area (Å²) in [6.45, 7) is 1.85. The molecule has 1 atom stereocenters. The van der Waals surface area contributed by atoms with Crippen LogP contribution in [-0.4, -0.2) is 42.7 Å². The number of methoxy groups -OCH3 is 1. The third-order valence-electron chi connectivity index (χ3n) is 5.52. The van der Waals surface area contributed by atoms with E-state index < -0.39 is 0 Å². The van der Waals surface area contributed by atoms with Gasteiger partial charge < -0.3 is 19.1 Å². The molecule has 154 valence electrons. The minimum Gasteiger partial charge on any atom is -0.497 e. The van der Waals surface area contributed by atoms with Crippen molar-refractivity contribution in [2.75, 3.05) is 26.9 Å². The van der Waals surface area contributed by atoms with E-state index in [1.54, 1.807) is 7.11 Å². The Labute approximate surface area is 179 Å². The van der Waals surface area contributed by atoms with Crippen LogP contribution < -0.4 is 14.2 Å². The van der Waals surface area contributed by atoms with Crippen LogP contribution in [0.3, 0.4) is 0 Å². The van der Waals surface area contributed by atoms with Gasteiger partial charge in [0, 0.05) is 17.5 Å². The third kappa shape index (κ3) is 3.50. The summed E-state index contributed by atoms with van der Waals surface area (Å²) in [7, 11) is 1.64. The summed E-state index contributed by atoms with van der Waals surface area (Å²) in [5.74, 6) is 2.30. The van der Waals surface area contributed by atoms with Gasteiger partial charge in [-0.2, -0.15) is 0 Å². The van der Waals surface area contributed by atoms with Crippen LogP contribution in [0.25, 0.3) is 10.6 Å².